The summed E-state index contributed by atoms with van der Waals surface area (Å²) in [5.41, 5.74) is 1.37. The van der Waals surface area contributed by atoms with Crippen LogP contribution in [0.1, 0.15) is 54.2 Å². The average Bonchev–Trinajstić information content (AvgIpc) is 2.86. The Balaban J connectivity index is 2.08. The molecule has 2 aromatic rings. The van der Waals surface area contributed by atoms with Crippen LogP contribution >= 0.6 is 11.3 Å². The number of thiazole rings is 1. The first-order valence-electron chi connectivity index (χ1n) is 6.94. The van der Waals surface area contributed by atoms with Crippen molar-refractivity contribution in [2.24, 2.45) is 0 Å². The Bertz CT molecular complexity index is 492. The minimum atomic E-state index is 0.301. The maximum absolute atomic E-state index is 4.48. The van der Waals surface area contributed by atoms with E-state index in [4.69, 9.17) is 0 Å². The van der Waals surface area contributed by atoms with Gasteiger partial charge in [0, 0.05) is 17.1 Å². The lowest BCUT2D eigenvalue weighted by Crippen LogP contribution is -2.24. The molecule has 0 aliphatic rings. The number of benzene rings is 1. The monoisotopic (exact) mass is 274 g/mol. The molecule has 0 fully saturated rings. The molecule has 1 aromatic carbocycles. The Morgan fingerprint density at radius 3 is 2.58 bits per heavy atom. The summed E-state index contributed by atoms with van der Waals surface area (Å²) < 4.78 is 0. The first kappa shape index (κ1) is 14.2. The van der Waals surface area contributed by atoms with Crippen molar-refractivity contribution in [1.29, 1.82) is 0 Å². The van der Waals surface area contributed by atoms with Gasteiger partial charge in [0.05, 0.1) is 6.04 Å². The van der Waals surface area contributed by atoms with Crippen LogP contribution in [0.15, 0.2) is 36.5 Å². The number of nitrogens with zero attached hydrogens (tertiary/aromatic N) is 1. The molecule has 1 N–H and O–H groups in total. The van der Waals surface area contributed by atoms with Crippen LogP contribution in [0.3, 0.4) is 0 Å². The number of hydrogen-bond acceptors (Lipinski definition) is 3. The molecule has 2 unspecified atom stereocenters. The van der Waals surface area contributed by atoms with E-state index in [1.807, 2.05) is 6.20 Å². The predicted molar refractivity (Wildman–Crippen MR) is 82.5 cm³/mol. The summed E-state index contributed by atoms with van der Waals surface area (Å²) in [5, 5.41) is 4.89. The fraction of sp³-hybridized carbons (Fsp3) is 0.438. The third kappa shape index (κ3) is 3.88. The quantitative estimate of drug-likeness (QED) is 0.829. The third-order valence-electron chi connectivity index (χ3n) is 3.24. The van der Waals surface area contributed by atoms with Crippen molar-refractivity contribution in [3.05, 3.63) is 52.0 Å². The van der Waals surface area contributed by atoms with Gasteiger partial charge in [0.25, 0.3) is 0 Å². The van der Waals surface area contributed by atoms with Crippen LogP contribution in [0.2, 0.25) is 0 Å². The van der Waals surface area contributed by atoms with E-state index in [1.165, 1.54) is 21.9 Å². The van der Waals surface area contributed by atoms with E-state index in [2.05, 4.69) is 61.4 Å². The maximum Gasteiger partial charge on any atom is 0.109 e. The third-order valence-corrected chi connectivity index (χ3v) is 4.34. The van der Waals surface area contributed by atoms with E-state index in [1.54, 1.807) is 11.3 Å². The van der Waals surface area contributed by atoms with Gasteiger partial charge in [-0.25, -0.2) is 4.98 Å². The van der Waals surface area contributed by atoms with Gasteiger partial charge in [-0.2, -0.15) is 0 Å². The second-order valence-corrected chi connectivity index (χ2v) is 6.22. The molecule has 0 aliphatic carbocycles. The van der Waals surface area contributed by atoms with Crippen LogP contribution in [0.4, 0.5) is 0 Å². The molecule has 0 saturated carbocycles. The summed E-state index contributed by atoms with van der Waals surface area (Å²) in [6.07, 6.45) is 4.28. The van der Waals surface area contributed by atoms with E-state index in [-0.39, 0.29) is 0 Å². The van der Waals surface area contributed by atoms with Gasteiger partial charge in [0.2, 0.25) is 0 Å². The highest BCUT2D eigenvalue weighted by atomic mass is 32.1. The van der Waals surface area contributed by atoms with Crippen molar-refractivity contribution < 1.29 is 0 Å². The zero-order chi connectivity index (χ0) is 13.7. The lowest BCUT2D eigenvalue weighted by Gasteiger charge is -2.22. The Morgan fingerprint density at radius 1 is 1.26 bits per heavy atom. The van der Waals surface area contributed by atoms with Crippen molar-refractivity contribution in [3.63, 3.8) is 0 Å². The van der Waals surface area contributed by atoms with E-state index in [0.29, 0.717) is 12.1 Å². The molecule has 0 aliphatic heterocycles. The maximum atomic E-state index is 4.48. The molecule has 2 atom stereocenters. The zero-order valence-corrected chi connectivity index (χ0v) is 12.7. The SMILES string of the molecule is CCCC(NC(C)c1ncc(C)s1)c1ccccc1. The molecular formula is C16H22N2S. The van der Waals surface area contributed by atoms with Gasteiger partial charge in [-0.1, -0.05) is 43.7 Å². The Labute approximate surface area is 119 Å². The molecular weight excluding hydrogens is 252 g/mol. The van der Waals surface area contributed by atoms with Gasteiger partial charge in [0.1, 0.15) is 5.01 Å². The molecule has 3 heteroatoms. The summed E-state index contributed by atoms with van der Waals surface area (Å²) in [7, 11) is 0. The van der Waals surface area contributed by atoms with Crippen LogP contribution < -0.4 is 5.32 Å². The number of aryl methyl sites for hydroxylation is 1. The molecule has 0 spiro atoms. The molecule has 0 amide bonds. The lowest BCUT2D eigenvalue weighted by molar-refractivity contribution is 0.438. The first-order valence-corrected chi connectivity index (χ1v) is 7.75. The Kier molecular flexibility index (Phi) is 5.11. The summed E-state index contributed by atoms with van der Waals surface area (Å²) in [6.45, 7) is 6.54. The van der Waals surface area contributed by atoms with Crippen LogP contribution in [0.5, 0.6) is 0 Å². The number of hydrogen-bond donors (Lipinski definition) is 1. The molecule has 2 nitrogen and oxygen atoms in total. The highest BCUT2D eigenvalue weighted by Crippen LogP contribution is 2.25. The second kappa shape index (κ2) is 6.83. The highest BCUT2D eigenvalue weighted by molar-refractivity contribution is 7.11. The van der Waals surface area contributed by atoms with Gasteiger partial charge in [-0.15, -0.1) is 11.3 Å². The minimum Gasteiger partial charge on any atom is -0.301 e. The van der Waals surface area contributed by atoms with Crippen molar-refractivity contribution in [2.75, 3.05) is 0 Å². The summed E-state index contributed by atoms with van der Waals surface area (Å²) in [4.78, 5) is 5.75. The number of rotatable bonds is 6. The van der Waals surface area contributed by atoms with Crippen LogP contribution in [-0.2, 0) is 0 Å². The molecule has 1 heterocycles. The smallest absolute Gasteiger partial charge is 0.109 e. The number of nitrogens with one attached hydrogen (secondary N) is 1. The van der Waals surface area contributed by atoms with Crippen molar-refractivity contribution in [3.8, 4) is 0 Å². The zero-order valence-electron chi connectivity index (χ0n) is 11.9. The average molecular weight is 274 g/mol. The van der Waals surface area contributed by atoms with Gasteiger partial charge in [0.15, 0.2) is 0 Å². The minimum absolute atomic E-state index is 0.301. The fourth-order valence-electron chi connectivity index (χ4n) is 2.27. The first-order chi connectivity index (χ1) is 9.20. The highest BCUT2D eigenvalue weighted by Gasteiger charge is 2.16. The summed E-state index contributed by atoms with van der Waals surface area (Å²) >= 11 is 1.78. The Morgan fingerprint density at radius 2 is 2.00 bits per heavy atom. The largest absolute Gasteiger partial charge is 0.301 e. The number of aromatic nitrogens is 1. The molecule has 0 bridgehead atoms. The van der Waals surface area contributed by atoms with Crippen LogP contribution in [0.25, 0.3) is 0 Å². The van der Waals surface area contributed by atoms with E-state index in [9.17, 15) is 0 Å². The molecule has 0 radical (unpaired) electrons. The van der Waals surface area contributed by atoms with E-state index < -0.39 is 0 Å². The van der Waals surface area contributed by atoms with Gasteiger partial charge >= 0.3 is 0 Å². The molecule has 102 valence electrons. The van der Waals surface area contributed by atoms with Crippen molar-refractivity contribution >= 4 is 11.3 Å². The van der Waals surface area contributed by atoms with Crippen molar-refractivity contribution in [1.82, 2.24) is 10.3 Å². The Hall–Kier alpha value is -1.19. The topological polar surface area (TPSA) is 24.9 Å². The lowest BCUT2D eigenvalue weighted by atomic mass is 10.0. The molecule has 1 aromatic heterocycles. The molecule has 2 rings (SSSR count). The standard InChI is InChI=1S/C16H22N2S/c1-4-8-15(14-9-6-5-7-10-14)18-13(3)16-17-11-12(2)19-16/h5-7,9-11,13,15,18H,4,8H2,1-3H3. The van der Waals surface area contributed by atoms with Crippen LogP contribution in [0, 0.1) is 6.92 Å². The predicted octanol–water partition coefficient (Wildman–Crippen LogP) is 4.64. The normalized spacial score (nSPS) is 14.3. The van der Waals surface area contributed by atoms with Crippen molar-refractivity contribution in [2.45, 2.75) is 45.7 Å². The molecule has 19 heavy (non-hydrogen) atoms. The fourth-order valence-corrected chi connectivity index (χ4v) is 3.05. The summed E-state index contributed by atoms with van der Waals surface area (Å²) in [6, 6.07) is 11.4. The second-order valence-electron chi connectivity index (χ2n) is 4.95. The van der Waals surface area contributed by atoms with E-state index in [0.717, 1.165) is 6.42 Å². The summed E-state index contributed by atoms with van der Waals surface area (Å²) in [5.74, 6) is 0. The van der Waals surface area contributed by atoms with Gasteiger partial charge in [-0.3, -0.25) is 0 Å². The van der Waals surface area contributed by atoms with E-state index >= 15 is 0 Å². The van der Waals surface area contributed by atoms with Gasteiger partial charge in [-0.05, 0) is 25.8 Å². The van der Waals surface area contributed by atoms with Crippen LogP contribution in [-0.4, -0.2) is 4.98 Å². The molecule has 0 saturated heterocycles. The van der Waals surface area contributed by atoms with Gasteiger partial charge < -0.3 is 5.32 Å².